The van der Waals surface area contributed by atoms with Crippen LogP contribution in [-0.2, 0) is 10.0 Å². The van der Waals surface area contributed by atoms with Gasteiger partial charge in [-0.2, -0.15) is 0 Å². The highest BCUT2D eigenvalue weighted by atomic mass is 32.2. The highest BCUT2D eigenvalue weighted by Gasteiger charge is 2.27. The average Bonchev–Trinajstić information content (AvgIpc) is 2.89. The Morgan fingerprint density at radius 3 is 2.75 bits per heavy atom. The van der Waals surface area contributed by atoms with Crippen LogP contribution in [0.3, 0.4) is 0 Å². The summed E-state index contributed by atoms with van der Waals surface area (Å²) < 4.78 is 25.4. The number of fused-ring (bicyclic) bond motifs is 1. The summed E-state index contributed by atoms with van der Waals surface area (Å²) in [6.07, 6.45) is 2.69. The van der Waals surface area contributed by atoms with Gasteiger partial charge in [0.2, 0.25) is 10.0 Å². The average molecular weight is 349 g/mol. The van der Waals surface area contributed by atoms with E-state index < -0.39 is 10.0 Å². The Morgan fingerprint density at radius 1 is 1.29 bits per heavy atom. The molecular weight excluding hydrogens is 326 g/mol. The van der Waals surface area contributed by atoms with Crippen LogP contribution in [0.5, 0.6) is 0 Å². The Bertz CT molecular complexity index is 886. The number of benzene rings is 1. The maximum Gasteiger partial charge on any atom is 0.270 e. The molecule has 7 heteroatoms. The normalized spacial score (nSPS) is 19.0. The van der Waals surface area contributed by atoms with E-state index in [0.717, 1.165) is 41.1 Å². The number of aromatic amines is 1. The first-order valence-corrected chi connectivity index (χ1v) is 9.98. The number of carbonyl (C=O) groups is 1. The summed E-state index contributed by atoms with van der Waals surface area (Å²) in [6.45, 7) is 5.11. The fourth-order valence-electron chi connectivity index (χ4n) is 3.45. The first-order chi connectivity index (χ1) is 11.2. The van der Waals surface area contributed by atoms with Crippen molar-refractivity contribution in [3.8, 4) is 0 Å². The van der Waals surface area contributed by atoms with Crippen molar-refractivity contribution in [2.45, 2.75) is 32.7 Å². The molecule has 0 aliphatic carbocycles. The molecule has 1 aliphatic rings. The molecule has 2 aromatic rings. The lowest BCUT2D eigenvalue weighted by Crippen LogP contribution is -2.49. The van der Waals surface area contributed by atoms with Crippen molar-refractivity contribution in [3.05, 3.63) is 35.0 Å². The van der Waals surface area contributed by atoms with Gasteiger partial charge in [-0.05, 0) is 49.9 Å². The number of carbonyl (C=O) groups excluding carboxylic acids is 1. The van der Waals surface area contributed by atoms with E-state index in [1.807, 2.05) is 26.0 Å². The molecule has 1 amide bonds. The molecule has 0 bridgehead atoms. The maximum atomic E-state index is 12.8. The third-order valence-electron chi connectivity index (χ3n) is 4.41. The van der Waals surface area contributed by atoms with Crippen LogP contribution < -0.4 is 4.72 Å². The SMILES string of the molecule is Cc1cc(C)c2cc(C(=O)N3CCC[C@@H](NS(C)(=O)=O)C3)[nH]c2c1. The number of hydrogen-bond donors (Lipinski definition) is 2. The quantitative estimate of drug-likeness (QED) is 0.888. The lowest BCUT2D eigenvalue weighted by atomic mass is 10.1. The molecule has 1 atom stereocenters. The summed E-state index contributed by atoms with van der Waals surface area (Å²) >= 11 is 0. The number of piperidine rings is 1. The van der Waals surface area contributed by atoms with Gasteiger partial charge < -0.3 is 9.88 Å². The Kier molecular flexibility index (Phi) is 4.40. The van der Waals surface area contributed by atoms with Crippen molar-refractivity contribution in [2.24, 2.45) is 0 Å². The van der Waals surface area contributed by atoms with Crippen molar-refractivity contribution < 1.29 is 13.2 Å². The highest BCUT2D eigenvalue weighted by molar-refractivity contribution is 7.88. The van der Waals surface area contributed by atoms with Crippen LogP contribution in [0.1, 0.15) is 34.5 Å². The van der Waals surface area contributed by atoms with Gasteiger partial charge in [-0.3, -0.25) is 4.79 Å². The standard InChI is InChI=1S/C17H23N3O3S/c1-11-7-12(2)14-9-16(18-15(14)8-11)17(21)20-6-4-5-13(10-20)19-24(3,22)23/h7-9,13,18-19H,4-6,10H2,1-3H3/t13-/m1/s1. The van der Waals surface area contributed by atoms with Gasteiger partial charge in [0, 0.05) is 30.0 Å². The molecule has 0 spiro atoms. The van der Waals surface area contributed by atoms with Crippen LogP contribution in [0.2, 0.25) is 0 Å². The molecule has 3 rings (SSSR count). The molecule has 1 fully saturated rings. The Labute approximate surface area is 142 Å². The molecule has 2 heterocycles. The summed E-state index contributed by atoms with van der Waals surface area (Å²) in [5.74, 6) is -0.0803. The molecule has 1 aliphatic heterocycles. The minimum atomic E-state index is -3.26. The molecule has 2 N–H and O–H groups in total. The van der Waals surface area contributed by atoms with E-state index in [1.165, 1.54) is 0 Å². The van der Waals surface area contributed by atoms with Gasteiger partial charge in [-0.15, -0.1) is 0 Å². The van der Waals surface area contributed by atoms with Gasteiger partial charge >= 0.3 is 0 Å². The zero-order valence-electron chi connectivity index (χ0n) is 14.2. The van der Waals surface area contributed by atoms with Crippen molar-refractivity contribution >= 4 is 26.8 Å². The van der Waals surface area contributed by atoms with E-state index in [9.17, 15) is 13.2 Å². The molecule has 1 aromatic heterocycles. The van der Waals surface area contributed by atoms with Gasteiger partial charge in [0.15, 0.2) is 0 Å². The maximum absolute atomic E-state index is 12.8. The van der Waals surface area contributed by atoms with Gasteiger partial charge in [0.05, 0.1) is 6.26 Å². The number of amides is 1. The zero-order valence-corrected chi connectivity index (χ0v) is 15.0. The predicted molar refractivity (Wildman–Crippen MR) is 94.7 cm³/mol. The number of aromatic nitrogens is 1. The minimum Gasteiger partial charge on any atom is -0.351 e. The largest absolute Gasteiger partial charge is 0.351 e. The zero-order chi connectivity index (χ0) is 17.5. The number of aryl methyl sites for hydroxylation is 2. The van der Waals surface area contributed by atoms with Crippen LogP contribution in [0, 0.1) is 13.8 Å². The van der Waals surface area contributed by atoms with Crippen LogP contribution in [0.25, 0.3) is 10.9 Å². The van der Waals surface area contributed by atoms with E-state index in [4.69, 9.17) is 0 Å². The molecule has 0 radical (unpaired) electrons. The van der Waals surface area contributed by atoms with Crippen LogP contribution >= 0.6 is 0 Å². The van der Waals surface area contributed by atoms with Crippen molar-refractivity contribution in [1.29, 1.82) is 0 Å². The molecule has 1 saturated heterocycles. The summed E-state index contributed by atoms with van der Waals surface area (Å²) in [7, 11) is -3.26. The van der Waals surface area contributed by atoms with E-state index in [0.29, 0.717) is 18.8 Å². The second kappa shape index (κ2) is 6.22. The third kappa shape index (κ3) is 3.62. The molecule has 0 saturated carbocycles. The lowest BCUT2D eigenvalue weighted by molar-refractivity contribution is 0.0698. The van der Waals surface area contributed by atoms with Crippen molar-refractivity contribution in [1.82, 2.24) is 14.6 Å². The highest BCUT2D eigenvalue weighted by Crippen LogP contribution is 2.23. The fourth-order valence-corrected chi connectivity index (χ4v) is 4.24. The summed E-state index contributed by atoms with van der Waals surface area (Å²) in [6, 6.07) is 5.80. The number of rotatable bonds is 3. The van der Waals surface area contributed by atoms with Crippen LogP contribution in [-0.4, -0.2) is 49.6 Å². The first-order valence-electron chi connectivity index (χ1n) is 8.09. The Balaban J connectivity index is 1.82. The van der Waals surface area contributed by atoms with Crippen molar-refractivity contribution in [3.63, 3.8) is 0 Å². The van der Waals surface area contributed by atoms with Gasteiger partial charge in [-0.25, -0.2) is 13.1 Å². The Morgan fingerprint density at radius 2 is 2.04 bits per heavy atom. The number of H-pyrrole nitrogens is 1. The van der Waals surface area contributed by atoms with Gasteiger partial charge in [0.25, 0.3) is 5.91 Å². The van der Waals surface area contributed by atoms with Crippen molar-refractivity contribution in [2.75, 3.05) is 19.3 Å². The number of hydrogen-bond acceptors (Lipinski definition) is 3. The third-order valence-corrected chi connectivity index (χ3v) is 5.17. The minimum absolute atomic E-state index is 0.0803. The molecule has 1 aromatic carbocycles. The topological polar surface area (TPSA) is 82.3 Å². The van der Waals surface area contributed by atoms with E-state index in [2.05, 4.69) is 15.8 Å². The van der Waals surface area contributed by atoms with E-state index in [1.54, 1.807) is 4.90 Å². The summed E-state index contributed by atoms with van der Waals surface area (Å²) in [4.78, 5) is 17.7. The van der Waals surface area contributed by atoms with E-state index in [-0.39, 0.29) is 11.9 Å². The molecule has 6 nitrogen and oxygen atoms in total. The monoisotopic (exact) mass is 349 g/mol. The number of nitrogens with one attached hydrogen (secondary N) is 2. The predicted octanol–water partition coefficient (Wildman–Crippen LogP) is 1.94. The Hall–Kier alpha value is -1.86. The lowest BCUT2D eigenvalue weighted by Gasteiger charge is -2.32. The number of likely N-dealkylation sites (tertiary alicyclic amines) is 1. The molecule has 24 heavy (non-hydrogen) atoms. The van der Waals surface area contributed by atoms with Crippen LogP contribution in [0.15, 0.2) is 18.2 Å². The van der Waals surface area contributed by atoms with Gasteiger partial charge in [0.1, 0.15) is 5.69 Å². The van der Waals surface area contributed by atoms with Crippen LogP contribution in [0.4, 0.5) is 0 Å². The second-order valence-electron chi connectivity index (χ2n) is 6.71. The molecule has 130 valence electrons. The summed E-state index contributed by atoms with van der Waals surface area (Å²) in [5.41, 5.74) is 3.80. The number of nitrogens with zero attached hydrogens (tertiary/aromatic N) is 1. The second-order valence-corrected chi connectivity index (χ2v) is 8.49. The fraction of sp³-hybridized carbons (Fsp3) is 0.471. The van der Waals surface area contributed by atoms with E-state index >= 15 is 0 Å². The first kappa shape index (κ1) is 17.0. The number of sulfonamides is 1. The molecule has 0 unspecified atom stereocenters. The molecular formula is C17H23N3O3S. The smallest absolute Gasteiger partial charge is 0.270 e. The summed E-state index contributed by atoms with van der Waals surface area (Å²) in [5, 5.41) is 1.05. The van der Waals surface area contributed by atoms with Gasteiger partial charge in [-0.1, -0.05) is 6.07 Å².